The largest absolute Gasteiger partial charge is 3.00 e. The van der Waals surface area contributed by atoms with Crippen molar-refractivity contribution in [2.45, 2.75) is 237 Å². The van der Waals surface area contributed by atoms with Crippen LogP contribution >= 0.6 is 0 Å². The molecule has 0 aliphatic carbocycles. The van der Waals surface area contributed by atoms with Crippen LogP contribution in [0.2, 0.25) is 0 Å². The monoisotopic (exact) mass is 1370 g/mol. The van der Waals surface area contributed by atoms with Crippen molar-refractivity contribution < 1.29 is 87.6 Å². The average molecular weight is 1370 g/mol. The van der Waals surface area contributed by atoms with Gasteiger partial charge in [0.25, 0.3) is 0 Å². The van der Waals surface area contributed by atoms with E-state index in [0.29, 0.717) is 59.2 Å². The molecule has 0 unspecified atom stereocenters. The van der Waals surface area contributed by atoms with E-state index in [4.69, 9.17) is 38.1 Å². The van der Waals surface area contributed by atoms with Gasteiger partial charge in [-0.05, 0) is 98.7 Å². The van der Waals surface area contributed by atoms with Crippen LogP contribution in [0.1, 0.15) is 290 Å². The van der Waals surface area contributed by atoms with Crippen LogP contribution in [0.4, 0.5) is 28.4 Å². The van der Waals surface area contributed by atoms with E-state index in [9.17, 15) is 0 Å². The van der Waals surface area contributed by atoms with Crippen molar-refractivity contribution >= 4 is 28.4 Å². The molecule has 2 heterocycles. The quantitative estimate of drug-likeness (QED) is 0.126. The van der Waals surface area contributed by atoms with Crippen LogP contribution in [0.5, 0.6) is 0 Å². The van der Waals surface area contributed by atoms with E-state index in [1.807, 2.05) is 36.4 Å². The van der Waals surface area contributed by atoms with Gasteiger partial charge in [-0.3, -0.25) is 0 Å². The van der Waals surface area contributed by atoms with E-state index in [0.717, 1.165) is 110 Å². The summed E-state index contributed by atoms with van der Waals surface area (Å²) in [5.74, 6) is 4.50. The van der Waals surface area contributed by atoms with E-state index >= 15 is 0 Å². The van der Waals surface area contributed by atoms with Gasteiger partial charge in [-0.15, -0.1) is 28.4 Å². The molecule has 0 spiro atoms. The zero-order valence-electron chi connectivity index (χ0n) is 62.1. The molecule has 7 aromatic rings. The molecule has 2 aliphatic rings. The Labute approximate surface area is 621 Å². The normalized spacial score (nSPS) is 11.9. The Kier molecular flexibility index (Phi) is 51.4. The summed E-state index contributed by atoms with van der Waals surface area (Å²) in [4.78, 5) is 0. The standard InChI is InChI=1S/5C12H18N.2C7H8.2C4H8O.2Li.Sm/c5*1-8(2)10-6-5-7-11(9(3)4)12(10)13;2*1-7-5-3-2-4-6-7;2*1-2-4-5-3-1;;;/h5*5-9,13H,1-4H3;2*2-6H,1H3;2*1-4H2;;;/q5*-1;;;;;2*+1;+3. The molecule has 0 atom stereocenters. The van der Waals surface area contributed by atoms with Gasteiger partial charge < -0.3 is 38.1 Å². The summed E-state index contributed by atoms with van der Waals surface area (Å²) in [6, 6.07) is 51.4. The summed E-state index contributed by atoms with van der Waals surface area (Å²) in [5.41, 5.74) is 57.9. The van der Waals surface area contributed by atoms with Crippen LogP contribution in [-0.4, -0.2) is 26.4 Å². The molecule has 0 saturated carbocycles. The first-order chi connectivity index (χ1) is 42.0. The van der Waals surface area contributed by atoms with Crippen LogP contribution in [0.25, 0.3) is 28.7 Å². The number of aryl methyl sites for hydroxylation is 2. The number of rotatable bonds is 10. The maximum absolute atomic E-state index is 8.01. The van der Waals surface area contributed by atoms with Crippen LogP contribution < -0.4 is 37.7 Å². The van der Waals surface area contributed by atoms with E-state index < -0.39 is 0 Å². The minimum absolute atomic E-state index is 0. The fourth-order valence-corrected chi connectivity index (χ4v) is 9.84. The Balaban J connectivity index is -0.000000981. The Hall–Kier alpha value is -4.01. The molecule has 92 heavy (non-hydrogen) atoms. The summed E-state index contributed by atoms with van der Waals surface area (Å²) in [5, 5.41) is 0. The molecule has 7 nitrogen and oxygen atoms in total. The van der Waals surface area contributed by atoms with Gasteiger partial charge in [0.15, 0.2) is 0 Å². The predicted octanol–water partition coefficient (Wildman–Crippen LogP) is 22.7. The molecular formula is C82H122Li2N5O2Sm. The van der Waals surface area contributed by atoms with Crippen LogP contribution in [0.15, 0.2) is 152 Å². The number of ether oxygens (including phenoxy) is 2. The second-order valence-corrected chi connectivity index (χ2v) is 26.6. The van der Waals surface area contributed by atoms with E-state index in [1.54, 1.807) is 0 Å². The zero-order chi connectivity index (χ0) is 67.3. The third-order valence-electron chi connectivity index (χ3n) is 15.4. The van der Waals surface area contributed by atoms with Crippen molar-refractivity contribution in [3.8, 4) is 0 Å². The van der Waals surface area contributed by atoms with Crippen LogP contribution in [0, 0.1) is 54.2 Å². The topological polar surface area (TPSA) is 137 Å². The van der Waals surface area contributed by atoms with E-state index in [-0.39, 0.29) is 78.1 Å². The third kappa shape index (κ3) is 35.7. The second kappa shape index (κ2) is 51.3. The number of benzene rings is 7. The summed E-state index contributed by atoms with van der Waals surface area (Å²) in [7, 11) is 0. The van der Waals surface area contributed by atoms with Gasteiger partial charge >= 0.3 is 78.1 Å². The molecule has 10 heteroatoms. The number of nitrogens with one attached hydrogen (secondary N) is 5. The fraction of sp³-hybridized carbons (Fsp3) is 0.488. The summed E-state index contributed by atoms with van der Waals surface area (Å²) < 4.78 is 9.89. The molecule has 2 fully saturated rings. The molecule has 495 valence electrons. The van der Waals surface area contributed by atoms with Crippen molar-refractivity contribution in [1.82, 2.24) is 0 Å². The second-order valence-electron chi connectivity index (χ2n) is 26.6. The maximum atomic E-state index is 8.01. The molecule has 0 bridgehead atoms. The van der Waals surface area contributed by atoms with Crippen molar-refractivity contribution in [3.63, 3.8) is 0 Å². The molecule has 1 radical (unpaired) electrons. The van der Waals surface area contributed by atoms with Crippen LogP contribution in [0.3, 0.4) is 0 Å². The molecule has 0 amide bonds. The molecular weight excluding hydrogens is 1250 g/mol. The van der Waals surface area contributed by atoms with Crippen molar-refractivity contribution in [2.75, 3.05) is 26.4 Å². The van der Waals surface area contributed by atoms with Crippen molar-refractivity contribution in [2.24, 2.45) is 0 Å². The van der Waals surface area contributed by atoms with Gasteiger partial charge in [0.1, 0.15) is 0 Å². The van der Waals surface area contributed by atoms with E-state index in [1.165, 1.54) is 36.8 Å². The minimum Gasteiger partial charge on any atom is -0.698 e. The molecule has 0 aromatic heterocycles. The van der Waals surface area contributed by atoms with Crippen LogP contribution in [-0.2, 0) is 9.47 Å². The first-order valence-electron chi connectivity index (χ1n) is 33.4. The van der Waals surface area contributed by atoms with Crippen molar-refractivity contribution in [3.05, 3.63) is 247 Å². The molecule has 7 aromatic carbocycles. The van der Waals surface area contributed by atoms with Gasteiger partial charge in [0, 0.05) is 26.4 Å². The molecule has 9 rings (SSSR count). The number of hydrogen-bond donors (Lipinski definition) is 0. The smallest absolute Gasteiger partial charge is 0.698 e. The van der Waals surface area contributed by atoms with Gasteiger partial charge in [0.2, 0.25) is 0 Å². The summed E-state index contributed by atoms with van der Waals surface area (Å²) in [6.07, 6.45) is 5.11. The van der Waals surface area contributed by atoms with Gasteiger partial charge in [-0.25, -0.2) is 0 Å². The Morgan fingerprint density at radius 2 is 0.359 bits per heavy atom. The summed E-state index contributed by atoms with van der Waals surface area (Å²) in [6.45, 7) is 50.9. The zero-order valence-corrected chi connectivity index (χ0v) is 64.7. The summed E-state index contributed by atoms with van der Waals surface area (Å²) >= 11 is 0. The Morgan fingerprint density at radius 1 is 0.228 bits per heavy atom. The molecule has 2 aliphatic heterocycles. The SMILES string of the molecule is C1CCOC1.C1CCOC1.CC(C)c1cccc(C(C)C)c1[NH-].CC(C)c1cccc(C(C)C)c1[NH-].CC(C)c1cccc(C(C)C)c1[NH-].CC(C)c1cccc(C(C)C)c1[NH-].CC(C)c1cccc(C(C)C)c1[NH-].Cc1ccccc1.Cc1ccccc1.[Li+].[Li+].[Sm+3]. The minimum atomic E-state index is 0. The average Bonchev–Trinajstić information content (AvgIpc) is 3.76. The van der Waals surface area contributed by atoms with Gasteiger partial charge in [0.05, 0.1) is 0 Å². The van der Waals surface area contributed by atoms with E-state index in [2.05, 4.69) is 268 Å². The number of hydrogen-bond acceptors (Lipinski definition) is 2. The molecule has 2 saturated heterocycles. The Morgan fingerprint density at radius 3 is 0.435 bits per heavy atom. The first kappa shape index (κ1) is 92.2. The fourth-order valence-electron chi connectivity index (χ4n) is 9.84. The Bertz CT molecular complexity index is 2420. The van der Waals surface area contributed by atoms with Gasteiger partial charge in [-0.2, -0.15) is 0 Å². The third-order valence-corrected chi connectivity index (χ3v) is 15.4. The van der Waals surface area contributed by atoms with Crippen molar-refractivity contribution in [1.29, 1.82) is 0 Å². The predicted molar refractivity (Wildman–Crippen MR) is 395 cm³/mol. The maximum Gasteiger partial charge on any atom is 3.00 e. The molecule has 5 N–H and O–H groups in total. The first-order valence-corrected chi connectivity index (χ1v) is 33.4. The van der Waals surface area contributed by atoms with Gasteiger partial charge in [-0.1, -0.05) is 357 Å².